The molecule has 0 radical (unpaired) electrons. The number of nitrogens with zero attached hydrogens (tertiary/aromatic N) is 1. The van der Waals surface area contributed by atoms with Crippen molar-refractivity contribution >= 4 is 34.2 Å². The zero-order valence-electron chi connectivity index (χ0n) is 14.9. The molecule has 1 aromatic carbocycles. The molecular formula is C21H15NO5S. The molecule has 140 valence electrons. The van der Waals surface area contributed by atoms with Gasteiger partial charge in [-0.3, -0.25) is 0 Å². The second kappa shape index (κ2) is 7.66. The molecule has 7 heteroatoms. The maximum Gasteiger partial charge on any atom is 0.373 e. The van der Waals surface area contributed by atoms with Crippen LogP contribution in [0.1, 0.15) is 26.7 Å². The Bertz CT molecular complexity index is 1150. The molecule has 0 N–H and O–H groups in total. The molecule has 3 aromatic heterocycles. The summed E-state index contributed by atoms with van der Waals surface area (Å²) in [5, 5.41) is 2.67. The van der Waals surface area contributed by atoms with E-state index in [4.69, 9.17) is 9.15 Å². The lowest BCUT2D eigenvalue weighted by molar-refractivity contribution is 0.0440. The lowest BCUT2D eigenvalue weighted by Gasteiger charge is -2.09. The molecule has 0 aliphatic heterocycles. The van der Waals surface area contributed by atoms with Crippen molar-refractivity contribution in [2.75, 3.05) is 7.11 Å². The number of para-hydroxylation sites is 1. The van der Waals surface area contributed by atoms with Crippen LogP contribution in [0, 0.1) is 0 Å². The van der Waals surface area contributed by atoms with Crippen LogP contribution in [0.25, 0.3) is 21.5 Å². The number of methoxy groups -OCH3 is 1. The van der Waals surface area contributed by atoms with Crippen LogP contribution in [0.2, 0.25) is 0 Å². The minimum absolute atomic E-state index is 0.0582. The molecule has 0 atom stereocenters. The standard InChI is InChI=1S/C21H15NO5S/c1-25-21(24)18-9-8-13(27-18)12-26-20(23)15-11-17(19-7-4-10-28-19)22-16-6-3-2-5-14(15)16/h2-11H,12H2,1H3. The van der Waals surface area contributed by atoms with Crippen molar-refractivity contribution in [1.29, 1.82) is 0 Å². The quantitative estimate of drug-likeness (QED) is 0.457. The van der Waals surface area contributed by atoms with Gasteiger partial charge in [0.25, 0.3) is 0 Å². The number of furan rings is 1. The predicted molar refractivity (Wildman–Crippen MR) is 104 cm³/mol. The van der Waals surface area contributed by atoms with Crippen LogP contribution in [0.4, 0.5) is 0 Å². The first-order valence-corrected chi connectivity index (χ1v) is 9.31. The number of hydrogen-bond donors (Lipinski definition) is 0. The minimum atomic E-state index is -0.585. The van der Waals surface area contributed by atoms with Crippen molar-refractivity contribution in [2.45, 2.75) is 6.61 Å². The van der Waals surface area contributed by atoms with Crippen molar-refractivity contribution < 1.29 is 23.5 Å². The number of thiophene rings is 1. The number of esters is 2. The van der Waals surface area contributed by atoms with Gasteiger partial charge in [-0.15, -0.1) is 11.3 Å². The molecule has 0 bridgehead atoms. The third-order valence-corrected chi connectivity index (χ3v) is 5.00. The number of fused-ring (bicyclic) bond motifs is 1. The van der Waals surface area contributed by atoms with E-state index in [9.17, 15) is 9.59 Å². The number of benzene rings is 1. The van der Waals surface area contributed by atoms with E-state index in [1.54, 1.807) is 23.5 Å². The highest BCUT2D eigenvalue weighted by Crippen LogP contribution is 2.28. The Morgan fingerprint density at radius 2 is 1.93 bits per heavy atom. The number of carbonyl (C=O) groups is 2. The second-order valence-corrected chi connectivity index (χ2v) is 6.83. The zero-order chi connectivity index (χ0) is 19.5. The highest BCUT2D eigenvalue weighted by atomic mass is 32.1. The van der Waals surface area contributed by atoms with Crippen LogP contribution in [-0.4, -0.2) is 24.0 Å². The molecule has 4 aromatic rings. The molecule has 0 unspecified atom stereocenters. The summed E-state index contributed by atoms with van der Waals surface area (Å²) in [7, 11) is 1.27. The van der Waals surface area contributed by atoms with Crippen molar-refractivity contribution in [3.8, 4) is 10.6 Å². The Morgan fingerprint density at radius 3 is 2.71 bits per heavy atom. The van der Waals surface area contributed by atoms with E-state index in [2.05, 4.69) is 9.72 Å². The molecule has 4 rings (SSSR count). The Kier molecular flexibility index (Phi) is 4.90. The number of aromatic nitrogens is 1. The van der Waals surface area contributed by atoms with Gasteiger partial charge in [-0.05, 0) is 35.7 Å². The average molecular weight is 393 g/mol. The van der Waals surface area contributed by atoms with Gasteiger partial charge < -0.3 is 13.9 Å². The van der Waals surface area contributed by atoms with E-state index in [0.717, 1.165) is 4.88 Å². The Hall–Kier alpha value is -3.45. The summed E-state index contributed by atoms with van der Waals surface area (Å²) >= 11 is 1.55. The summed E-state index contributed by atoms with van der Waals surface area (Å²) in [6.07, 6.45) is 0. The lowest BCUT2D eigenvalue weighted by Crippen LogP contribution is -2.07. The Labute approximate surface area is 164 Å². The molecule has 28 heavy (non-hydrogen) atoms. The fraction of sp³-hybridized carbons (Fsp3) is 0.0952. The van der Waals surface area contributed by atoms with E-state index >= 15 is 0 Å². The molecule has 3 heterocycles. The van der Waals surface area contributed by atoms with Crippen molar-refractivity contribution in [2.24, 2.45) is 0 Å². The first-order chi connectivity index (χ1) is 13.7. The van der Waals surface area contributed by atoms with Gasteiger partial charge in [0.15, 0.2) is 0 Å². The number of ether oxygens (including phenoxy) is 2. The second-order valence-electron chi connectivity index (χ2n) is 5.88. The summed E-state index contributed by atoms with van der Waals surface area (Å²) < 4.78 is 15.3. The fourth-order valence-electron chi connectivity index (χ4n) is 2.78. The van der Waals surface area contributed by atoms with E-state index in [1.165, 1.54) is 13.2 Å². The lowest BCUT2D eigenvalue weighted by atomic mass is 10.1. The van der Waals surface area contributed by atoms with E-state index in [0.29, 0.717) is 27.9 Å². The van der Waals surface area contributed by atoms with E-state index in [-0.39, 0.29) is 12.4 Å². The molecule has 0 saturated carbocycles. The summed E-state index contributed by atoms with van der Waals surface area (Å²) in [5.41, 5.74) is 1.85. The third-order valence-electron chi connectivity index (χ3n) is 4.10. The van der Waals surface area contributed by atoms with Gasteiger partial charge in [0.1, 0.15) is 12.4 Å². The van der Waals surface area contributed by atoms with Gasteiger partial charge in [-0.1, -0.05) is 24.3 Å². The predicted octanol–water partition coefficient (Wildman–Crippen LogP) is 4.70. The SMILES string of the molecule is COC(=O)c1ccc(COC(=O)c2cc(-c3cccs3)nc3ccccc23)o1. The smallest absolute Gasteiger partial charge is 0.373 e. The van der Waals surface area contributed by atoms with Crippen LogP contribution >= 0.6 is 11.3 Å². The maximum atomic E-state index is 12.8. The number of carbonyl (C=O) groups excluding carboxylic acids is 2. The highest BCUT2D eigenvalue weighted by molar-refractivity contribution is 7.13. The van der Waals surface area contributed by atoms with Crippen molar-refractivity contribution in [1.82, 2.24) is 4.98 Å². The normalized spacial score (nSPS) is 10.8. The number of rotatable bonds is 5. The van der Waals surface area contributed by atoms with Crippen LogP contribution in [0.15, 0.2) is 64.4 Å². The molecule has 0 aliphatic carbocycles. The van der Waals surface area contributed by atoms with Crippen LogP contribution < -0.4 is 0 Å². The van der Waals surface area contributed by atoms with Crippen LogP contribution in [-0.2, 0) is 16.1 Å². The maximum absolute atomic E-state index is 12.8. The monoisotopic (exact) mass is 393 g/mol. The summed E-state index contributed by atoms with van der Waals surface area (Å²) in [4.78, 5) is 29.8. The largest absolute Gasteiger partial charge is 0.463 e. The van der Waals surface area contributed by atoms with E-state index in [1.807, 2.05) is 41.8 Å². The fourth-order valence-corrected chi connectivity index (χ4v) is 3.46. The van der Waals surface area contributed by atoms with Crippen molar-refractivity contribution in [3.63, 3.8) is 0 Å². The van der Waals surface area contributed by atoms with Gasteiger partial charge in [0, 0.05) is 5.39 Å². The number of pyridine rings is 1. The van der Waals surface area contributed by atoms with Gasteiger partial charge in [0.05, 0.1) is 28.8 Å². The summed E-state index contributed by atoms with van der Waals surface area (Å²) in [5.74, 6) is -0.667. The molecule has 6 nitrogen and oxygen atoms in total. The topological polar surface area (TPSA) is 78.6 Å². The average Bonchev–Trinajstić information content (AvgIpc) is 3.42. The molecule has 0 spiro atoms. The van der Waals surface area contributed by atoms with Gasteiger partial charge >= 0.3 is 11.9 Å². The summed E-state index contributed by atoms with van der Waals surface area (Å²) in [6.45, 7) is -0.0964. The Morgan fingerprint density at radius 1 is 1.07 bits per heavy atom. The first-order valence-electron chi connectivity index (χ1n) is 8.43. The first kappa shape index (κ1) is 17.9. The van der Waals surface area contributed by atoms with Crippen LogP contribution in [0.3, 0.4) is 0 Å². The van der Waals surface area contributed by atoms with E-state index < -0.39 is 11.9 Å². The molecule has 0 saturated heterocycles. The van der Waals surface area contributed by atoms with Crippen molar-refractivity contribution in [3.05, 3.63) is 77.1 Å². The number of hydrogen-bond acceptors (Lipinski definition) is 7. The molecule has 0 aliphatic rings. The summed E-state index contributed by atoms with van der Waals surface area (Å²) in [6, 6.07) is 16.1. The van der Waals surface area contributed by atoms with Gasteiger partial charge in [-0.2, -0.15) is 0 Å². The third kappa shape index (κ3) is 3.52. The molecule has 0 fully saturated rings. The minimum Gasteiger partial charge on any atom is -0.463 e. The highest BCUT2D eigenvalue weighted by Gasteiger charge is 2.17. The van der Waals surface area contributed by atoms with Gasteiger partial charge in [0.2, 0.25) is 5.76 Å². The van der Waals surface area contributed by atoms with Crippen LogP contribution in [0.5, 0.6) is 0 Å². The Balaban J connectivity index is 1.61. The van der Waals surface area contributed by atoms with Gasteiger partial charge in [-0.25, -0.2) is 14.6 Å². The molecular weight excluding hydrogens is 378 g/mol. The zero-order valence-corrected chi connectivity index (χ0v) is 15.7. The molecule has 0 amide bonds.